The molecule has 4 heteroatoms. The van der Waals surface area contributed by atoms with Crippen LogP contribution in [0.25, 0.3) is 0 Å². The summed E-state index contributed by atoms with van der Waals surface area (Å²) in [6.07, 6.45) is 2.22. The number of rotatable bonds is 6. The van der Waals surface area contributed by atoms with Crippen molar-refractivity contribution in [3.63, 3.8) is 0 Å². The average molecular weight is 288 g/mol. The maximum absolute atomic E-state index is 11.2. The predicted octanol–water partition coefficient (Wildman–Crippen LogP) is 3.74. The molecule has 0 radical (unpaired) electrons. The standard InChI is InChI=1S/C16H16O3S/c1-18-13-5-7-14(8-6-13)19-16(11-17)12-3-9-15(20-2)10-4-12/h3-11,16H,1-2H3. The molecule has 2 rings (SSSR count). The van der Waals surface area contributed by atoms with Crippen LogP contribution in [-0.2, 0) is 4.79 Å². The average Bonchev–Trinajstić information content (AvgIpc) is 2.53. The lowest BCUT2D eigenvalue weighted by molar-refractivity contribution is -0.113. The Balaban J connectivity index is 2.12. The first-order valence-electron chi connectivity index (χ1n) is 6.17. The number of benzene rings is 2. The van der Waals surface area contributed by atoms with Crippen LogP contribution in [-0.4, -0.2) is 19.7 Å². The SMILES string of the molecule is COc1ccc(OC(C=O)c2ccc(SC)cc2)cc1. The normalized spacial score (nSPS) is 11.7. The number of ether oxygens (including phenoxy) is 2. The molecule has 2 aromatic rings. The highest BCUT2D eigenvalue weighted by Gasteiger charge is 2.12. The van der Waals surface area contributed by atoms with Crippen molar-refractivity contribution in [1.29, 1.82) is 0 Å². The summed E-state index contributed by atoms with van der Waals surface area (Å²) in [6.45, 7) is 0. The van der Waals surface area contributed by atoms with E-state index in [-0.39, 0.29) is 0 Å². The number of aldehydes is 1. The maximum Gasteiger partial charge on any atom is 0.179 e. The summed E-state index contributed by atoms with van der Waals surface area (Å²) < 4.78 is 10.8. The second kappa shape index (κ2) is 7.01. The van der Waals surface area contributed by atoms with Crippen LogP contribution in [0.3, 0.4) is 0 Å². The van der Waals surface area contributed by atoms with E-state index < -0.39 is 6.10 Å². The molecule has 1 atom stereocenters. The van der Waals surface area contributed by atoms with E-state index in [0.29, 0.717) is 5.75 Å². The van der Waals surface area contributed by atoms with Gasteiger partial charge in [-0.3, -0.25) is 4.79 Å². The Hall–Kier alpha value is -1.94. The van der Waals surface area contributed by atoms with Crippen molar-refractivity contribution in [3.8, 4) is 11.5 Å². The van der Waals surface area contributed by atoms with Gasteiger partial charge in [0.05, 0.1) is 7.11 Å². The molecule has 0 bridgehead atoms. The number of thioether (sulfide) groups is 1. The van der Waals surface area contributed by atoms with E-state index in [2.05, 4.69) is 0 Å². The zero-order valence-electron chi connectivity index (χ0n) is 11.4. The fraction of sp³-hybridized carbons (Fsp3) is 0.188. The first kappa shape index (κ1) is 14.5. The summed E-state index contributed by atoms with van der Waals surface area (Å²) in [6, 6.07) is 14.9. The van der Waals surface area contributed by atoms with E-state index in [9.17, 15) is 4.79 Å². The predicted molar refractivity (Wildman–Crippen MR) is 80.7 cm³/mol. The number of hydrogen-bond acceptors (Lipinski definition) is 4. The van der Waals surface area contributed by atoms with Crippen molar-refractivity contribution < 1.29 is 14.3 Å². The first-order valence-corrected chi connectivity index (χ1v) is 7.39. The molecule has 0 amide bonds. The molecule has 3 nitrogen and oxygen atoms in total. The van der Waals surface area contributed by atoms with Crippen LogP contribution in [0.2, 0.25) is 0 Å². The summed E-state index contributed by atoms with van der Waals surface area (Å²) in [5.74, 6) is 1.39. The number of methoxy groups -OCH3 is 1. The van der Waals surface area contributed by atoms with E-state index in [1.54, 1.807) is 43.1 Å². The van der Waals surface area contributed by atoms with Crippen LogP contribution in [0.15, 0.2) is 53.4 Å². The van der Waals surface area contributed by atoms with Gasteiger partial charge in [-0.1, -0.05) is 12.1 Å². The van der Waals surface area contributed by atoms with E-state index in [1.165, 1.54) is 0 Å². The Bertz CT molecular complexity index is 549. The number of carbonyl (C=O) groups excluding carboxylic acids is 1. The second-order valence-corrected chi connectivity index (χ2v) is 5.00. The van der Waals surface area contributed by atoms with Crippen molar-refractivity contribution in [1.82, 2.24) is 0 Å². The van der Waals surface area contributed by atoms with Gasteiger partial charge in [0.1, 0.15) is 11.5 Å². The van der Waals surface area contributed by atoms with Crippen molar-refractivity contribution in [2.45, 2.75) is 11.0 Å². The molecular weight excluding hydrogens is 272 g/mol. The van der Waals surface area contributed by atoms with Gasteiger partial charge in [-0.2, -0.15) is 0 Å². The van der Waals surface area contributed by atoms with Gasteiger partial charge in [0, 0.05) is 4.90 Å². The first-order chi connectivity index (χ1) is 9.76. The Labute approximate surface area is 122 Å². The van der Waals surface area contributed by atoms with E-state index in [1.807, 2.05) is 30.5 Å². The fourth-order valence-electron chi connectivity index (χ4n) is 1.77. The molecule has 0 aliphatic carbocycles. The third-order valence-electron chi connectivity index (χ3n) is 2.89. The quantitative estimate of drug-likeness (QED) is 0.599. The van der Waals surface area contributed by atoms with E-state index in [0.717, 1.165) is 22.5 Å². The molecule has 0 saturated heterocycles. The van der Waals surface area contributed by atoms with Crippen molar-refractivity contribution in [2.24, 2.45) is 0 Å². The lowest BCUT2D eigenvalue weighted by atomic mass is 10.1. The van der Waals surface area contributed by atoms with Crippen LogP contribution in [0.4, 0.5) is 0 Å². The minimum absolute atomic E-state index is 0.598. The van der Waals surface area contributed by atoms with Gasteiger partial charge in [-0.15, -0.1) is 11.8 Å². The monoisotopic (exact) mass is 288 g/mol. The molecule has 0 aliphatic rings. The molecule has 0 fully saturated rings. The molecule has 0 aliphatic heterocycles. The highest BCUT2D eigenvalue weighted by atomic mass is 32.2. The van der Waals surface area contributed by atoms with Gasteiger partial charge >= 0.3 is 0 Å². The molecule has 20 heavy (non-hydrogen) atoms. The minimum atomic E-state index is -0.598. The van der Waals surface area contributed by atoms with Gasteiger partial charge in [0.2, 0.25) is 0 Å². The molecule has 0 heterocycles. The van der Waals surface area contributed by atoms with Crippen molar-refractivity contribution in [3.05, 3.63) is 54.1 Å². The van der Waals surface area contributed by atoms with Gasteiger partial charge < -0.3 is 9.47 Å². The molecule has 0 spiro atoms. The van der Waals surface area contributed by atoms with Crippen molar-refractivity contribution >= 4 is 18.0 Å². The molecule has 0 N–H and O–H groups in total. The zero-order valence-corrected chi connectivity index (χ0v) is 12.2. The molecule has 104 valence electrons. The fourth-order valence-corrected chi connectivity index (χ4v) is 2.18. The lowest BCUT2D eigenvalue weighted by Gasteiger charge is -2.14. The third-order valence-corrected chi connectivity index (χ3v) is 3.63. The maximum atomic E-state index is 11.2. The number of hydrogen-bond donors (Lipinski definition) is 0. The van der Waals surface area contributed by atoms with Gasteiger partial charge in [-0.05, 0) is 48.2 Å². The number of carbonyl (C=O) groups is 1. The van der Waals surface area contributed by atoms with Gasteiger partial charge in [0.25, 0.3) is 0 Å². The van der Waals surface area contributed by atoms with Crippen LogP contribution in [0, 0.1) is 0 Å². The third kappa shape index (κ3) is 3.54. The molecule has 0 aromatic heterocycles. The molecule has 2 aromatic carbocycles. The summed E-state index contributed by atoms with van der Waals surface area (Å²) in [7, 11) is 1.61. The van der Waals surface area contributed by atoms with Crippen LogP contribution < -0.4 is 9.47 Å². The van der Waals surface area contributed by atoms with Crippen LogP contribution in [0.1, 0.15) is 11.7 Å². The zero-order chi connectivity index (χ0) is 14.4. The largest absolute Gasteiger partial charge is 0.497 e. The molecular formula is C16H16O3S. The highest BCUT2D eigenvalue weighted by Crippen LogP contribution is 2.24. The summed E-state index contributed by atoms with van der Waals surface area (Å²) in [4.78, 5) is 12.4. The van der Waals surface area contributed by atoms with E-state index in [4.69, 9.17) is 9.47 Å². The molecule has 0 saturated carbocycles. The Morgan fingerprint density at radius 3 is 2.10 bits per heavy atom. The lowest BCUT2D eigenvalue weighted by Crippen LogP contribution is -2.08. The van der Waals surface area contributed by atoms with Gasteiger partial charge in [-0.25, -0.2) is 0 Å². The highest BCUT2D eigenvalue weighted by molar-refractivity contribution is 7.98. The Kier molecular flexibility index (Phi) is 5.07. The van der Waals surface area contributed by atoms with Crippen LogP contribution >= 0.6 is 11.8 Å². The Morgan fingerprint density at radius 2 is 1.60 bits per heavy atom. The summed E-state index contributed by atoms with van der Waals surface area (Å²) in [5, 5.41) is 0. The topological polar surface area (TPSA) is 35.5 Å². The smallest absolute Gasteiger partial charge is 0.179 e. The summed E-state index contributed by atoms with van der Waals surface area (Å²) >= 11 is 1.66. The van der Waals surface area contributed by atoms with Crippen LogP contribution in [0.5, 0.6) is 11.5 Å². The van der Waals surface area contributed by atoms with Gasteiger partial charge in [0.15, 0.2) is 12.4 Å². The van der Waals surface area contributed by atoms with E-state index >= 15 is 0 Å². The summed E-state index contributed by atoms with van der Waals surface area (Å²) in [5.41, 5.74) is 0.841. The minimum Gasteiger partial charge on any atom is -0.497 e. The molecule has 1 unspecified atom stereocenters. The Morgan fingerprint density at radius 1 is 1.00 bits per heavy atom. The second-order valence-electron chi connectivity index (χ2n) is 4.12. The van der Waals surface area contributed by atoms with Crippen molar-refractivity contribution in [2.75, 3.05) is 13.4 Å².